The van der Waals surface area contributed by atoms with E-state index in [1.165, 1.54) is 0 Å². The summed E-state index contributed by atoms with van der Waals surface area (Å²) in [6, 6.07) is -0.0472. The van der Waals surface area contributed by atoms with Crippen molar-refractivity contribution in [3.05, 3.63) is 12.0 Å². The standard InChI is InChI=1S/C12H16F3N3O2/c1-8(2)10(19)17-3-5-18(6-4-17)11-16-9(7-20-11)12(13,14)15/h7-8H,3-6H2,1-2H3. The molecule has 1 aliphatic rings. The summed E-state index contributed by atoms with van der Waals surface area (Å²) < 4.78 is 42.2. The van der Waals surface area contributed by atoms with Crippen LogP contribution in [0.25, 0.3) is 0 Å². The number of carbonyl (C=O) groups is 1. The van der Waals surface area contributed by atoms with Gasteiger partial charge in [-0.3, -0.25) is 4.79 Å². The maximum atomic E-state index is 12.4. The summed E-state index contributed by atoms with van der Waals surface area (Å²) in [6.07, 6.45) is -3.89. The predicted octanol–water partition coefficient (Wildman–Crippen LogP) is 2.00. The Labute approximate surface area is 114 Å². The minimum Gasteiger partial charge on any atom is -0.431 e. The van der Waals surface area contributed by atoms with E-state index in [-0.39, 0.29) is 17.8 Å². The quantitative estimate of drug-likeness (QED) is 0.836. The summed E-state index contributed by atoms with van der Waals surface area (Å²) in [5, 5.41) is 0. The number of carbonyl (C=O) groups excluding carboxylic acids is 1. The molecule has 0 aromatic carbocycles. The van der Waals surface area contributed by atoms with Crippen molar-refractivity contribution in [3.63, 3.8) is 0 Å². The molecule has 0 N–H and O–H groups in total. The fourth-order valence-corrected chi connectivity index (χ4v) is 2.02. The zero-order chi connectivity index (χ0) is 14.9. The first-order valence-electron chi connectivity index (χ1n) is 6.35. The van der Waals surface area contributed by atoms with Gasteiger partial charge < -0.3 is 14.2 Å². The molecule has 0 saturated carbocycles. The number of hydrogen-bond donors (Lipinski definition) is 0. The van der Waals surface area contributed by atoms with Crippen LogP contribution in [0.3, 0.4) is 0 Å². The van der Waals surface area contributed by atoms with Crippen LogP contribution in [-0.4, -0.2) is 42.0 Å². The fraction of sp³-hybridized carbons (Fsp3) is 0.667. The van der Waals surface area contributed by atoms with Crippen molar-refractivity contribution in [2.75, 3.05) is 31.1 Å². The minimum atomic E-state index is -4.50. The number of nitrogens with zero attached hydrogens (tertiary/aromatic N) is 3. The van der Waals surface area contributed by atoms with Crippen molar-refractivity contribution < 1.29 is 22.4 Å². The summed E-state index contributed by atoms with van der Waals surface area (Å²) >= 11 is 0. The number of oxazole rings is 1. The monoisotopic (exact) mass is 291 g/mol. The third kappa shape index (κ3) is 3.05. The molecule has 1 aliphatic heterocycles. The third-order valence-electron chi connectivity index (χ3n) is 3.14. The van der Waals surface area contributed by atoms with Crippen LogP contribution in [0.2, 0.25) is 0 Å². The van der Waals surface area contributed by atoms with E-state index in [0.717, 1.165) is 0 Å². The minimum absolute atomic E-state index is 0.0472. The molecule has 2 heterocycles. The topological polar surface area (TPSA) is 49.6 Å². The second kappa shape index (κ2) is 5.34. The highest BCUT2D eigenvalue weighted by Crippen LogP contribution is 2.30. The number of halogens is 3. The average molecular weight is 291 g/mol. The largest absolute Gasteiger partial charge is 0.436 e. The first-order valence-corrected chi connectivity index (χ1v) is 6.35. The van der Waals surface area contributed by atoms with Crippen molar-refractivity contribution in [3.8, 4) is 0 Å². The first kappa shape index (κ1) is 14.7. The summed E-state index contributed by atoms with van der Waals surface area (Å²) in [5.41, 5.74) is -1.03. The van der Waals surface area contributed by atoms with Crippen molar-refractivity contribution in [2.24, 2.45) is 5.92 Å². The van der Waals surface area contributed by atoms with E-state index in [4.69, 9.17) is 4.42 Å². The van der Waals surface area contributed by atoms with Crippen molar-refractivity contribution in [1.29, 1.82) is 0 Å². The van der Waals surface area contributed by atoms with Crippen molar-refractivity contribution >= 4 is 11.9 Å². The molecule has 0 unspecified atom stereocenters. The van der Waals surface area contributed by atoms with Gasteiger partial charge in [-0.15, -0.1) is 0 Å². The summed E-state index contributed by atoms with van der Waals surface area (Å²) in [7, 11) is 0. The molecule has 1 aromatic heterocycles. The zero-order valence-corrected chi connectivity index (χ0v) is 11.3. The highest BCUT2D eigenvalue weighted by Gasteiger charge is 2.36. The van der Waals surface area contributed by atoms with Gasteiger partial charge in [0.05, 0.1) is 0 Å². The fourth-order valence-electron chi connectivity index (χ4n) is 2.02. The molecule has 8 heteroatoms. The van der Waals surface area contributed by atoms with Gasteiger partial charge in [0.25, 0.3) is 6.01 Å². The van der Waals surface area contributed by atoms with Crippen LogP contribution < -0.4 is 4.90 Å². The van der Waals surface area contributed by atoms with Crippen LogP contribution in [0.4, 0.5) is 19.2 Å². The SMILES string of the molecule is CC(C)C(=O)N1CCN(c2nc(C(F)(F)F)co2)CC1. The highest BCUT2D eigenvalue weighted by molar-refractivity contribution is 5.78. The first-order chi connectivity index (χ1) is 9.29. The van der Waals surface area contributed by atoms with Gasteiger partial charge in [-0.05, 0) is 0 Å². The Kier molecular flexibility index (Phi) is 3.92. The van der Waals surface area contributed by atoms with Gasteiger partial charge in [0, 0.05) is 32.1 Å². The molecule has 112 valence electrons. The van der Waals surface area contributed by atoms with E-state index < -0.39 is 11.9 Å². The molecule has 2 rings (SSSR count). The number of rotatable bonds is 2. The number of alkyl halides is 3. The zero-order valence-electron chi connectivity index (χ0n) is 11.3. The maximum Gasteiger partial charge on any atom is 0.436 e. The summed E-state index contributed by atoms with van der Waals surface area (Å²) in [5.74, 6) is -0.0341. The lowest BCUT2D eigenvalue weighted by Gasteiger charge is -2.34. The Morgan fingerprint density at radius 2 is 1.90 bits per heavy atom. The summed E-state index contributed by atoms with van der Waals surface area (Å²) in [4.78, 5) is 18.6. The Bertz CT molecular complexity index is 477. The Balaban J connectivity index is 1.97. The van der Waals surface area contributed by atoms with Crippen LogP contribution in [0.5, 0.6) is 0 Å². The van der Waals surface area contributed by atoms with E-state index >= 15 is 0 Å². The molecule has 1 fully saturated rings. The third-order valence-corrected chi connectivity index (χ3v) is 3.14. The van der Waals surface area contributed by atoms with Crippen LogP contribution in [-0.2, 0) is 11.0 Å². The van der Waals surface area contributed by atoms with Gasteiger partial charge in [-0.25, -0.2) is 0 Å². The second-order valence-electron chi connectivity index (χ2n) is 4.98. The van der Waals surface area contributed by atoms with Crippen LogP contribution in [0.1, 0.15) is 19.5 Å². The molecule has 1 saturated heterocycles. The van der Waals surface area contributed by atoms with Gasteiger partial charge in [-0.2, -0.15) is 18.2 Å². The van der Waals surface area contributed by atoms with E-state index in [2.05, 4.69) is 4.98 Å². The summed E-state index contributed by atoms with van der Waals surface area (Å²) in [6.45, 7) is 5.38. The normalized spacial score (nSPS) is 16.9. The van der Waals surface area contributed by atoms with Crippen LogP contribution in [0, 0.1) is 5.92 Å². The van der Waals surface area contributed by atoms with Gasteiger partial charge >= 0.3 is 6.18 Å². The van der Waals surface area contributed by atoms with E-state index in [1.54, 1.807) is 9.80 Å². The molecule has 0 aliphatic carbocycles. The van der Waals surface area contributed by atoms with E-state index in [1.807, 2.05) is 13.8 Å². The second-order valence-corrected chi connectivity index (χ2v) is 4.98. The molecule has 1 aromatic rings. The van der Waals surface area contributed by atoms with E-state index in [9.17, 15) is 18.0 Å². The Hall–Kier alpha value is -1.73. The number of aromatic nitrogens is 1. The Morgan fingerprint density at radius 1 is 1.30 bits per heavy atom. The van der Waals surface area contributed by atoms with E-state index in [0.29, 0.717) is 32.4 Å². The van der Waals surface area contributed by atoms with Gasteiger partial charge in [0.2, 0.25) is 5.91 Å². The number of hydrogen-bond acceptors (Lipinski definition) is 4. The molecule has 20 heavy (non-hydrogen) atoms. The molecule has 1 amide bonds. The molecule has 5 nitrogen and oxygen atoms in total. The number of anilines is 1. The van der Waals surface area contributed by atoms with Crippen molar-refractivity contribution in [1.82, 2.24) is 9.88 Å². The molecule has 0 radical (unpaired) electrons. The Morgan fingerprint density at radius 3 is 2.35 bits per heavy atom. The lowest BCUT2D eigenvalue weighted by atomic mass is 10.1. The van der Waals surface area contributed by atoms with Crippen LogP contribution >= 0.6 is 0 Å². The van der Waals surface area contributed by atoms with Crippen LogP contribution in [0.15, 0.2) is 10.7 Å². The molecular formula is C12H16F3N3O2. The number of piperazine rings is 1. The smallest absolute Gasteiger partial charge is 0.431 e. The van der Waals surface area contributed by atoms with Gasteiger partial charge in [0.15, 0.2) is 5.69 Å². The molecule has 0 bridgehead atoms. The van der Waals surface area contributed by atoms with Gasteiger partial charge in [-0.1, -0.05) is 13.8 Å². The maximum absolute atomic E-state index is 12.4. The lowest BCUT2D eigenvalue weighted by Crippen LogP contribution is -2.50. The molecule has 0 spiro atoms. The highest BCUT2D eigenvalue weighted by atomic mass is 19.4. The van der Waals surface area contributed by atoms with Gasteiger partial charge in [0.1, 0.15) is 6.26 Å². The molecule has 0 atom stereocenters. The predicted molar refractivity (Wildman–Crippen MR) is 65.1 cm³/mol. The number of amides is 1. The van der Waals surface area contributed by atoms with Crippen molar-refractivity contribution in [2.45, 2.75) is 20.0 Å². The molecular weight excluding hydrogens is 275 g/mol. The average Bonchev–Trinajstić information content (AvgIpc) is 2.87. The lowest BCUT2D eigenvalue weighted by molar-refractivity contribution is -0.141.